The lowest BCUT2D eigenvalue weighted by Gasteiger charge is -2.17. The van der Waals surface area contributed by atoms with Crippen LogP contribution >= 0.6 is 0 Å². The van der Waals surface area contributed by atoms with Crippen LogP contribution < -0.4 is 9.47 Å². The number of Topliss-reactive ketones (excluding diaryl/α,β-unsaturated/α-hetero) is 2. The molecule has 1 aromatic rings. The van der Waals surface area contributed by atoms with E-state index in [1.54, 1.807) is 0 Å². The fraction of sp³-hybridized carbons (Fsp3) is 0.167. The number of methoxy groups -OCH3 is 2. The number of hydrogen-bond acceptors (Lipinski definition) is 6. The summed E-state index contributed by atoms with van der Waals surface area (Å²) in [5.41, 5.74) is -0.148. The van der Waals surface area contributed by atoms with Gasteiger partial charge in [-0.25, -0.2) is 0 Å². The van der Waals surface area contributed by atoms with Crippen LogP contribution in [-0.4, -0.2) is 36.0 Å². The molecule has 2 rings (SSSR count). The van der Waals surface area contributed by atoms with Crippen molar-refractivity contribution in [1.82, 2.24) is 0 Å². The molecule has 1 aliphatic rings. The highest BCUT2D eigenvalue weighted by Crippen LogP contribution is 2.34. The number of ketones is 2. The normalized spacial score (nSPS) is 14.6. The second-order valence-electron chi connectivity index (χ2n) is 3.61. The van der Waals surface area contributed by atoms with Gasteiger partial charge in [-0.3, -0.25) is 9.59 Å². The van der Waals surface area contributed by atoms with Gasteiger partial charge in [0.2, 0.25) is 23.1 Å². The average molecular weight is 250 g/mol. The molecular formula is C12H10O6. The minimum atomic E-state index is -0.976. The number of carbonyl (C=O) groups excluding carboxylic acids is 2. The van der Waals surface area contributed by atoms with E-state index in [1.807, 2.05) is 0 Å². The summed E-state index contributed by atoms with van der Waals surface area (Å²) >= 11 is 0. The van der Waals surface area contributed by atoms with Crippen LogP contribution in [0.1, 0.15) is 20.7 Å². The minimum absolute atomic E-state index is 0.0634. The molecule has 0 bridgehead atoms. The summed E-state index contributed by atoms with van der Waals surface area (Å²) in [7, 11) is 2.71. The van der Waals surface area contributed by atoms with Gasteiger partial charge in [0.25, 0.3) is 0 Å². The molecule has 0 aromatic heterocycles. The van der Waals surface area contributed by atoms with Crippen LogP contribution in [0.15, 0.2) is 23.7 Å². The summed E-state index contributed by atoms with van der Waals surface area (Å²) in [5, 5.41) is 18.8. The number of carbonyl (C=O) groups is 2. The monoisotopic (exact) mass is 250 g/mol. The van der Waals surface area contributed by atoms with E-state index in [0.717, 1.165) is 0 Å². The van der Waals surface area contributed by atoms with Gasteiger partial charge in [0.15, 0.2) is 0 Å². The fourth-order valence-electron chi connectivity index (χ4n) is 1.74. The maximum atomic E-state index is 11.8. The van der Waals surface area contributed by atoms with Gasteiger partial charge in [-0.2, -0.15) is 0 Å². The Bertz CT molecular complexity index is 584. The van der Waals surface area contributed by atoms with Crippen molar-refractivity contribution >= 4 is 11.6 Å². The molecule has 6 heteroatoms. The number of allylic oxidation sites excluding steroid dienone is 2. The lowest BCUT2D eigenvalue weighted by molar-refractivity contribution is 0.0878. The topological polar surface area (TPSA) is 93.1 Å². The molecule has 0 aliphatic heterocycles. The first-order valence-corrected chi connectivity index (χ1v) is 4.98. The maximum absolute atomic E-state index is 11.8. The zero-order chi connectivity index (χ0) is 13.4. The van der Waals surface area contributed by atoms with E-state index in [9.17, 15) is 19.8 Å². The molecule has 0 fully saturated rings. The molecule has 18 heavy (non-hydrogen) atoms. The molecule has 0 heterocycles. The number of hydrogen-bond donors (Lipinski definition) is 2. The smallest absolute Gasteiger partial charge is 0.235 e. The summed E-state index contributed by atoms with van der Waals surface area (Å²) in [5.74, 6) is -3.25. The van der Waals surface area contributed by atoms with Gasteiger partial charge in [-0.1, -0.05) is 0 Å². The van der Waals surface area contributed by atoms with Gasteiger partial charge in [-0.05, 0) is 6.07 Å². The number of rotatable bonds is 2. The second kappa shape index (κ2) is 4.06. The number of aliphatic hydroxyl groups excluding tert-OH is 2. The third-order valence-corrected chi connectivity index (χ3v) is 2.66. The fourth-order valence-corrected chi connectivity index (χ4v) is 1.74. The van der Waals surface area contributed by atoms with Crippen molar-refractivity contribution in [2.75, 3.05) is 14.2 Å². The summed E-state index contributed by atoms with van der Waals surface area (Å²) in [6.45, 7) is 0. The number of ether oxygens (including phenoxy) is 2. The van der Waals surface area contributed by atoms with Crippen molar-refractivity contribution in [1.29, 1.82) is 0 Å². The maximum Gasteiger partial charge on any atom is 0.235 e. The third kappa shape index (κ3) is 1.50. The number of fused-ring (bicyclic) bond motifs is 1. The summed E-state index contributed by atoms with van der Waals surface area (Å²) in [6.07, 6.45) is 0. The van der Waals surface area contributed by atoms with Crippen LogP contribution in [0.3, 0.4) is 0 Å². The molecule has 0 spiro atoms. The van der Waals surface area contributed by atoms with Gasteiger partial charge in [0, 0.05) is 11.6 Å². The zero-order valence-electron chi connectivity index (χ0n) is 9.68. The Morgan fingerprint density at radius 2 is 1.56 bits per heavy atom. The molecule has 0 radical (unpaired) electrons. The van der Waals surface area contributed by atoms with Gasteiger partial charge in [0.05, 0.1) is 19.8 Å². The second-order valence-corrected chi connectivity index (χ2v) is 3.61. The SMILES string of the molecule is COc1cc(OC)c2c(c1)C(=O)C(O)=C(O)C2=O. The molecular weight excluding hydrogens is 240 g/mol. The Morgan fingerprint density at radius 3 is 2.11 bits per heavy atom. The summed E-state index contributed by atoms with van der Waals surface area (Å²) in [4.78, 5) is 23.6. The molecule has 0 saturated heterocycles. The number of aliphatic hydroxyl groups is 2. The highest BCUT2D eigenvalue weighted by Gasteiger charge is 2.35. The van der Waals surface area contributed by atoms with Crippen molar-refractivity contribution in [3.63, 3.8) is 0 Å². The molecule has 0 saturated carbocycles. The standard InChI is InChI=1S/C12H10O6/c1-17-5-3-6-8(7(4-5)18-2)10(14)12(16)11(15)9(6)13/h3-4,15-16H,1-2H3. The van der Waals surface area contributed by atoms with Crippen LogP contribution in [0.4, 0.5) is 0 Å². The highest BCUT2D eigenvalue weighted by atomic mass is 16.5. The van der Waals surface area contributed by atoms with E-state index in [0.29, 0.717) is 5.75 Å². The Hall–Kier alpha value is -2.50. The van der Waals surface area contributed by atoms with Crippen LogP contribution in [0.2, 0.25) is 0 Å². The quantitative estimate of drug-likeness (QED) is 0.824. The molecule has 2 N–H and O–H groups in total. The lowest BCUT2D eigenvalue weighted by atomic mass is 9.91. The van der Waals surface area contributed by atoms with Crippen molar-refractivity contribution in [2.45, 2.75) is 0 Å². The Labute approximate surface area is 102 Å². The van der Waals surface area contributed by atoms with Gasteiger partial charge < -0.3 is 19.7 Å². The predicted molar refractivity (Wildman–Crippen MR) is 60.5 cm³/mol. The first-order valence-electron chi connectivity index (χ1n) is 4.98. The Balaban J connectivity index is 2.77. The Kier molecular flexibility index (Phi) is 2.70. The van der Waals surface area contributed by atoms with Gasteiger partial charge >= 0.3 is 0 Å². The van der Waals surface area contributed by atoms with E-state index >= 15 is 0 Å². The third-order valence-electron chi connectivity index (χ3n) is 2.66. The van der Waals surface area contributed by atoms with Gasteiger partial charge in [0.1, 0.15) is 11.5 Å². The van der Waals surface area contributed by atoms with E-state index in [2.05, 4.69) is 0 Å². The van der Waals surface area contributed by atoms with Crippen molar-refractivity contribution in [3.8, 4) is 11.5 Å². The first kappa shape index (κ1) is 12.0. The summed E-state index contributed by atoms with van der Waals surface area (Å²) < 4.78 is 9.95. The lowest BCUT2D eigenvalue weighted by Crippen LogP contribution is -2.22. The average Bonchev–Trinajstić information content (AvgIpc) is 2.41. The van der Waals surface area contributed by atoms with E-state index in [4.69, 9.17) is 9.47 Å². The highest BCUT2D eigenvalue weighted by molar-refractivity contribution is 6.26. The van der Waals surface area contributed by atoms with Crippen molar-refractivity contribution in [3.05, 3.63) is 34.8 Å². The molecule has 6 nitrogen and oxygen atoms in total. The molecule has 0 unspecified atom stereocenters. The molecule has 0 atom stereocenters. The van der Waals surface area contributed by atoms with Crippen LogP contribution in [0.5, 0.6) is 11.5 Å². The van der Waals surface area contributed by atoms with Crippen LogP contribution in [-0.2, 0) is 0 Å². The van der Waals surface area contributed by atoms with Crippen LogP contribution in [0, 0.1) is 0 Å². The van der Waals surface area contributed by atoms with Crippen molar-refractivity contribution < 1.29 is 29.3 Å². The molecule has 1 aromatic carbocycles. The predicted octanol–water partition coefficient (Wildman–Crippen LogP) is 1.41. The largest absolute Gasteiger partial charge is 0.501 e. The van der Waals surface area contributed by atoms with Gasteiger partial charge in [-0.15, -0.1) is 0 Å². The minimum Gasteiger partial charge on any atom is -0.501 e. The van der Waals surface area contributed by atoms with E-state index in [1.165, 1.54) is 26.4 Å². The van der Waals surface area contributed by atoms with Crippen LogP contribution in [0.25, 0.3) is 0 Å². The molecule has 1 aliphatic carbocycles. The molecule has 0 amide bonds. The summed E-state index contributed by atoms with van der Waals surface area (Å²) in [6, 6.07) is 2.72. The first-order chi connectivity index (χ1) is 8.51. The Morgan fingerprint density at radius 1 is 0.944 bits per heavy atom. The van der Waals surface area contributed by atoms with Crippen molar-refractivity contribution in [2.24, 2.45) is 0 Å². The van der Waals surface area contributed by atoms with E-state index < -0.39 is 23.1 Å². The van der Waals surface area contributed by atoms with E-state index in [-0.39, 0.29) is 16.9 Å². The molecule has 94 valence electrons. The zero-order valence-corrected chi connectivity index (χ0v) is 9.68. The number of benzene rings is 1.